The Bertz CT molecular complexity index is 505. The lowest BCUT2D eigenvalue weighted by Gasteiger charge is -2.32. The summed E-state index contributed by atoms with van der Waals surface area (Å²) < 4.78 is 5.32. The molecule has 1 saturated heterocycles. The van der Waals surface area contributed by atoms with Crippen molar-refractivity contribution in [3.8, 4) is 0 Å². The second-order valence-corrected chi connectivity index (χ2v) is 5.62. The van der Waals surface area contributed by atoms with Gasteiger partial charge in [-0.15, -0.1) is 0 Å². The van der Waals surface area contributed by atoms with Gasteiger partial charge in [0, 0.05) is 19.1 Å². The van der Waals surface area contributed by atoms with Crippen molar-refractivity contribution in [2.75, 3.05) is 13.1 Å². The van der Waals surface area contributed by atoms with E-state index in [0.717, 1.165) is 18.4 Å². The average molecular weight is 305 g/mol. The third-order valence-electron chi connectivity index (χ3n) is 3.64. The minimum absolute atomic E-state index is 0.0588. The number of benzene rings is 1. The molecule has 22 heavy (non-hydrogen) atoms. The summed E-state index contributed by atoms with van der Waals surface area (Å²) >= 11 is 0. The summed E-state index contributed by atoms with van der Waals surface area (Å²) in [5.74, 6) is -0.190. The van der Waals surface area contributed by atoms with E-state index in [1.54, 1.807) is 11.8 Å². The Labute approximate surface area is 130 Å². The second-order valence-electron chi connectivity index (χ2n) is 5.62. The van der Waals surface area contributed by atoms with Crippen LogP contribution in [0.2, 0.25) is 0 Å². The third-order valence-corrected chi connectivity index (χ3v) is 3.64. The lowest BCUT2D eigenvalue weighted by atomic mass is 10.1. The van der Waals surface area contributed by atoms with Crippen LogP contribution in [0.1, 0.15) is 25.3 Å². The summed E-state index contributed by atoms with van der Waals surface area (Å²) in [6, 6.07) is 8.95. The molecular weight excluding hydrogens is 282 g/mol. The van der Waals surface area contributed by atoms with Gasteiger partial charge in [0.1, 0.15) is 6.61 Å². The minimum Gasteiger partial charge on any atom is -0.445 e. The fourth-order valence-electron chi connectivity index (χ4n) is 2.40. The Hall–Kier alpha value is -2.08. The maximum atomic E-state index is 12.1. The van der Waals surface area contributed by atoms with Crippen molar-refractivity contribution in [3.05, 3.63) is 35.9 Å². The van der Waals surface area contributed by atoms with E-state index in [1.165, 1.54) is 0 Å². The highest BCUT2D eigenvalue weighted by Crippen LogP contribution is 2.12. The predicted octanol–water partition coefficient (Wildman–Crippen LogP) is 1.25. The van der Waals surface area contributed by atoms with E-state index in [-0.39, 0.29) is 24.6 Å². The molecule has 0 aromatic heterocycles. The summed E-state index contributed by atoms with van der Waals surface area (Å²) in [6.07, 6.45) is 1.34. The molecule has 1 aromatic carbocycles. The predicted molar refractivity (Wildman–Crippen MR) is 83.0 cm³/mol. The van der Waals surface area contributed by atoms with Gasteiger partial charge in [0.05, 0.1) is 6.04 Å². The molecule has 2 rings (SSSR count). The van der Waals surface area contributed by atoms with Gasteiger partial charge < -0.3 is 20.7 Å². The zero-order valence-electron chi connectivity index (χ0n) is 12.8. The van der Waals surface area contributed by atoms with Crippen LogP contribution in [-0.4, -0.2) is 42.1 Å². The number of piperidine rings is 1. The number of nitrogens with two attached hydrogens (primary N) is 1. The average Bonchev–Trinajstić information content (AvgIpc) is 2.53. The van der Waals surface area contributed by atoms with Crippen LogP contribution in [0.15, 0.2) is 30.3 Å². The number of amides is 2. The first kappa shape index (κ1) is 16.3. The molecule has 1 aliphatic heterocycles. The van der Waals surface area contributed by atoms with Crippen molar-refractivity contribution in [2.45, 2.75) is 38.5 Å². The van der Waals surface area contributed by atoms with Gasteiger partial charge in [-0.1, -0.05) is 30.3 Å². The van der Waals surface area contributed by atoms with Gasteiger partial charge in [0.25, 0.3) is 0 Å². The van der Waals surface area contributed by atoms with Crippen molar-refractivity contribution in [1.82, 2.24) is 10.2 Å². The van der Waals surface area contributed by atoms with Crippen LogP contribution in [0, 0.1) is 0 Å². The number of ether oxygens (including phenoxy) is 1. The van der Waals surface area contributed by atoms with Gasteiger partial charge in [0.2, 0.25) is 5.91 Å². The summed E-state index contributed by atoms with van der Waals surface area (Å²) in [5, 5.41) is 2.86. The molecule has 1 unspecified atom stereocenters. The van der Waals surface area contributed by atoms with E-state index in [2.05, 4.69) is 5.32 Å². The van der Waals surface area contributed by atoms with Gasteiger partial charge in [-0.05, 0) is 25.3 Å². The van der Waals surface area contributed by atoms with Crippen LogP contribution in [0.3, 0.4) is 0 Å². The number of likely N-dealkylation sites (tertiary alicyclic amines) is 1. The fourth-order valence-corrected chi connectivity index (χ4v) is 2.40. The number of rotatable bonds is 4. The standard InChI is InChI=1S/C16H23N3O3/c1-12(17)15(20)18-14-8-5-9-19(10-14)16(21)22-11-13-6-3-2-4-7-13/h2-4,6-7,12,14H,5,8-11,17H2,1H3,(H,18,20)/t12-,14?/m0/s1. The summed E-state index contributed by atoms with van der Waals surface area (Å²) in [7, 11) is 0. The summed E-state index contributed by atoms with van der Waals surface area (Å²) in [5.41, 5.74) is 6.50. The van der Waals surface area contributed by atoms with Crippen LogP contribution in [0.25, 0.3) is 0 Å². The maximum absolute atomic E-state index is 12.1. The molecule has 1 fully saturated rings. The van der Waals surface area contributed by atoms with Gasteiger partial charge in [0.15, 0.2) is 0 Å². The van der Waals surface area contributed by atoms with E-state index < -0.39 is 6.04 Å². The van der Waals surface area contributed by atoms with Gasteiger partial charge in [-0.25, -0.2) is 4.79 Å². The fraction of sp³-hybridized carbons (Fsp3) is 0.500. The van der Waals surface area contributed by atoms with E-state index in [9.17, 15) is 9.59 Å². The Kier molecular flexibility index (Phi) is 5.77. The molecule has 6 heteroatoms. The number of nitrogens with one attached hydrogen (secondary N) is 1. The number of nitrogens with zero attached hydrogens (tertiary/aromatic N) is 1. The van der Waals surface area contributed by atoms with E-state index in [0.29, 0.717) is 13.1 Å². The lowest BCUT2D eigenvalue weighted by Crippen LogP contribution is -2.52. The van der Waals surface area contributed by atoms with Gasteiger partial charge >= 0.3 is 6.09 Å². The molecule has 0 aliphatic carbocycles. The number of hydrogen-bond acceptors (Lipinski definition) is 4. The Morgan fingerprint density at radius 3 is 2.82 bits per heavy atom. The molecule has 6 nitrogen and oxygen atoms in total. The quantitative estimate of drug-likeness (QED) is 0.877. The summed E-state index contributed by atoms with van der Waals surface area (Å²) in [6.45, 7) is 3.02. The molecule has 1 heterocycles. The Balaban J connectivity index is 1.81. The van der Waals surface area contributed by atoms with Gasteiger partial charge in [-0.3, -0.25) is 4.79 Å². The van der Waals surface area contributed by atoms with E-state index >= 15 is 0 Å². The molecule has 1 aromatic rings. The molecule has 0 bridgehead atoms. The van der Waals surface area contributed by atoms with Gasteiger partial charge in [-0.2, -0.15) is 0 Å². The second kappa shape index (κ2) is 7.79. The highest BCUT2D eigenvalue weighted by atomic mass is 16.6. The normalized spacial score (nSPS) is 19.4. The monoisotopic (exact) mass is 305 g/mol. The van der Waals surface area contributed by atoms with Crippen molar-refractivity contribution in [2.24, 2.45) is 5.73 Å². The maximum Gasteiger partial charge on any atom is 0.410 e. The van der Waals surface area contributed by atoms with Crippen LogP contribution in [0.5, 0.6) is 0 Å². The highest BCUT2D eigenvalue weighted by Gasteiger charge is 2.26. The van der Waals surface area contributed by atoms with Crippen molar-refractivity contribution < 1.29 is 14.3 Å². The lowest BCUT2D eigenvalue weighted by molar-refractivity contribution is -0.123. The molecular formula is C16H23N3O3. The molecule has 3 N–H and O–H groups in total. The number of carbonyl (C=O) groups is 2. The largest absolute Gasteiger partial charge is 0.445 e. The van der Waals surface area contributed by atoms with Crippen LogP contribution in [-0.2, 0) is 16.1 Å². The number of carbonyl (C=O) groups excluding carboxylic acids is 2. The third kappa shape index (κ3) is 4.73. The molecule has 0 spiro atoms. The number of hydrogen-bond donors (Lipinski definition) is 2. The van der Waals surface area contributed by atoms with Crippen LogP contribution >= 0.6 is 0 Å². The first-order chi connectivity index (χ1) is 10.6. The molecule has 2 atom stereocenters. The molecule has 2 amide bonds. The van der Waals surface area contributed by atoms with Crippen molar-refractivity contribution in [3.63, 3.8) is 0 Å². The van der Waals surface area contributed by atoms with Crippen molar-refractivity contribution in [1.29, 1.82) is 0 Å². The Morgan fingerprint density at radius 2 is 2.14 bits per heavy atom. The zero-order valence-corrected chi connectivity index (χ0v) is 12.8. The molecule has 0 saturated carbocycles. The summed E-state index contributed by atoms with van der Waals surface area (Å²) in [4.78, 5) is 25.4. The van der Waals surface area contributed by atoms with Crippen LogP contribution in [0.4, 0.5) is 4.79 Å². The molecule has 1 aliphatic rings. The SMILES string of the molecule is C[C@H](N)C(=O)NC1CCCN(C(=O)OCc2ccccc2)C1. The highest BCUT2D eigenvalue weighted by molar-refractivity contribution is 5.81. The van der Waals surface area contributed by atoms with Crippen molar-refractivity contribution >= 4 is 12.0 Å². The first-order valence-electron chi connectivity index (χ1n) is 7.58. The van der Waals surface area contributed by atoms with E-state index in [1.807, 2.05) is 30.3 Å². The smallest absolute Gasteiger partial charge is 0.410 e. The molecule has 120 valence electrons. The topological polar surface area (TPSA) is 84.7 Å². The zero-order chi connectivity index (χ0) is 15.9. The Morgan fingerprint density at radius 1 is 1.41 bits per heavy atom. The van der Waals surface area contributed by atoms with Crippen LogP contribution < -0.4 is 11.1 Å². The minimum atomic E-state index is -0.541. The molecule has 0 radical (unpaired) electrons. The first-order valence-corrected chi connectivity index (χ1v) is 7.58. The van der Waals surface area contributed by atoms with E-state index in [4.69, 9.17) is 10.5 Å².